The lowest BCUT2D eigenvalue weighted by atomic mass is 10.6. The summed E-state index contributed by atoms with van der Waals surface area (Å²) in [5.74, 6) is -0.365. The summed E-state index contributed by atoms with van der Waals surface area (Å²) in [6, 6.07) is 0. The molecule has 0 heterocycles. The predicted octanol–water partition coefficient (Wildman–Crippen LogP) is -0.640. The van der Waals surface area contributed by atoms with Gasteiger partial charge in [-0.05, 0) is 6.92 Å². The fourth-order valence-electron chi connectivity index (χ4n) is 0.295. The summed E-state index contributed by atoms with van der Waals surface area (Å²) in [5, 5.41) is 0. The Morgan fingerprint density at radius 3 is 2.67 bits per heavy atom. The molecular formula is C5H10O3Si. The molecule has 52 valence electrons. The molecule has 0 aromatic carbocycles. The van der Waals surface area contributed by atoms with E-state index in [9.17, 15) is 4.79 Å². The summed E-state index contributed by atoms with van der Waals surface area (Å²) in [6.45, 7) is 5.43. The molecule has 0 saturated heterocycles. The van der Waals surface area contributed by atoms with E-state index in [1.54, 1.807) is 6.92 Å². The number of carbonyl (C=O) groups is 1. The highest BCUT2D eigenvalue weighted by atomic mass is 28.2. The Kier molecular flexibility index (Phi) is 3.78. The average Bonchev–Trinajstić information content (AvgIpc) is 1.87. The van der Waals surface area contributed by atoms with Gasteiger partial charge in [0.1, 0.15) is 0 Å². The van der Waals surface area contributed by atoms with Crippen LogP contribution in [-0.2, 0) is 14.0 Å². The Bertz CT molecular complexity index is 121. The lowest BCUT2D eigenvalue weighted by Gasteiger charge is -2.02. The zero-order chi connectivity index (χ0) is 7.28. The SMILES string of the molecule is C=C(O[SiH3])C(=O)OCC. The minimum absolute atomic E-state index is 0.100. The molecule has 3 nitrogen and oxygen atoms in total. The summed E-state index contributed by atoms with van der Waals surface area (Å²) < 4.78 is 9.19. The van der Waals surface area contributed by atoms with Gasteiger partial charge < -0.3 is 9.16 Å². The highest BCUT2D eigenvalue weighted by Crippen LogP contribution is 1.92. The molecule has 0 spiro atoms. The number of hydrogen-bond acceptors (Lipinski definition) is 3. The zero-order valence-electron chi connectivity index (χ0n) is 5.64. The van der Waals surface area contributed by atoms with Crippen LogP contribution in [0.5, 0.6) is 0 Å². The summed E-state index contributed by atoms with van der Waals surface area (Å²) in [5.41, 5.74) is 0. The lowest BCUT2D eigenvalue weighted by molar-refractivity contribution is -0.140. The molecule has 0 N–H and O–H groups in total. The van der Waals surface area contributed by atoms with E-state index in [1.807, 2.05) is 0 Å². The first-order chi connectivity index (χ1) is 4.22. The van der Waals surface area contributed by atoms with Crippen molar-refractivity contribution in [3.05, 3.63) is 12.3 Å². The van der Waals surface area contributed by atoms with E-state index < -0.39 is 5.97 Å². The molecule has 0 saturated carbocycles. The molecule has 0 aliphatic carbocycles. The van der Waals surface area contributed by atoms with Gasteiger partial charge in [0.15, 0.2) is 5.76 Å². The van der Waals surface area contributed by atoms with Crippen molar-refractivity contribution in [2.75, 3.05) is 6.61 Å². The number of carbonyl (C=O) groups excluding carboxylic acids is 1. The average molecular weight is 146 g/mol. The van der Waals surface area contributed by atoms with E-state index in [0.717, 1.165) is 0 Å². The van der Waals surface area contributed by atoms with Gasteiger partial charge in [-0.2, -0.15) is 0 Å². The molecule has 9 heavy (non-hydrogen) atoms. The van der Waals surface area contributed by atoms with Crippen LogP contribution in [-0.4, -0.2) is 23.1 Å². The van der Waals surface area contributed by atoms with Crippen LogP contribution < -0.4 is 0 Å². The second kappa shape index (κ2) is 4.14. The van der Waals surface area contributed by atoms with Gasteiger partial charge in [0, 0.05) is 0 Å². The van der Waals surface area contributed by atoms with Gasteiger partial charge in [-0.25, -0.2) is 4.79 Å². The van der Waals surface area contributed by atoms with Crippen molar-refractivity contribution >= 4 is 16.5 Å². The van der Waals surface area contributed by atoms with Gasteiger partial charge in [-0.1, -0.05) is 6.58 Å². The molecular weight excluding hydrogens is 136 g/mol. The van der Waals surface area contributed by atoms with E-state index in [-0.39, 0.29) is 5.76 Å². The molecule has 4 heteroatoms. The molecule has 0 unspecified atom stereocenters. The van der Waals surface area contributed by atoms with E-state index in [4.69, 9.17) is 0 Å². The largest absolute Gasteiger partial charge is 0.549 e. The van der Waals surface area contributed by atoms with Gasteiger partial charge in [-0.3, -0.25) is 0 Å². The van der Waals surface area contributed by atoms with Gasteiger partial charge in [0.25, 0.3) is 0 Å². The molecule has 0 aromatic rings. The minimum atomic E-state index is -0.465. The minimum Gasteiger partial charge on any atom is -0.549 e. The second-order valence-electron chi connectivity index (χ2n) is 1.35. The first-order valence-corrected chi connectivity index (χ1v) is 3.44. The van der Waals surface area contributed by atoms with Crippen molar-refractivity contribution < 1.29 is 14.0 Å². The van der Waals surface area contributed by atoms with Crippen LogP contribution in [0.4, 0.5) is 0 Å². The van der Waals surface area contributed by atoms with Crippen molar-refractivity contribution in [2.24, 2.45) is 0 Å². The zero-order valence-corrected chi connectivity index (χ0v) is 7.64. The van der Waals surface area contributed by atoms with Crippen molar-refractivity contribution in [3.63, 3.8) is 0 Å². The third-order valence-corrected chi connectivity index (χ3v) is 1.24. The Morgan fingerprint density at radius 1 is 1.78 bits per heavy atom. The highest BCUT2D eigenvalue weighted by Gasteiger charge is 2.04. The van der Waals surface area contributed by atoms with Gasteiger partial charge >= 0.3 is 5.97 Å². The second-order valence-corrected chi connectivity index (χ2v) is 1.76. The van der Waals surface area contributed by atoms with E-state index in [2.05, 4.69) is 15.7 Å². The summed E-state index contributed by atoms with van der Waals surface area (Å²) in [4.78, 5) is 10.5. The number of rotatable bonds is 3. The normalized spacial score (nSPS) is 8.56. The quantitative estimate of drug-likeness (QED) is 0.230. The van der Waals surface area contributed by atoms with Crippen LogP contribution in [0.15, 0.2) is 12.3 Å². The first kappa shape index (κ1) is 8.23. The Hall–Kier alpha value is -0.773. The first-order valence-electron chi connectivity index (χ1n) is 2.62. The molecule has 0 aliphatic rings. The summed E-state index contributed by atoms with van der Waals surface area (Å²) in [7, 11) is 0.477. The van der Waals surface area contributed by atoms with Crippen LogP contribution in [0.3, 0.4) is 0 Å². The standard InChI is InChI=1S/C5H10O3Si/c1-3-7-5(6)4(2)8-9/h2-3H2,1,9H3. The molecule has 0 aromatic heterocycles. The van der Waals surface area contributed by atoms with Crippen molar-refractivity contribution in [1.29, 1.82) is 0 Å². The van der Waals surface area contributed by atoms with E-state index in [1.165, 1.54) is 0 Å². The van der Waals surface area contributed by atoms with Crippen molar-refractivity contribution in [3.8, 4) is 0 Å². The molecule has 0 amide bonds. The van der Waals surface area contributed by atoms with Gasteiger partial charge in [0.2, 0.25) is 10.5 Å². The van der Waals surface area contributed by atoms with Crippen molar-refractivity contribution in [1.82, 2.24) is 0 Å². The van der Waals surface area contributed by atoms with Gasteiger partial charge in [-0.15, -0.1) is 0 Å². The smallest absolute Gasteiger partial charge is 0.371 e. The molecule has 0 radical (unpaired) electrons. The van der Waals surface area contributed by atoms with Crippen molar-refractivity contribution in [2.45, 2.75) is 6.92 Å². The monoisotopic (exact) mass is 146 g/mol. The Morgan fingerprint density at radius 2 is 2.33 bits per heavy atom. The molecule has 0 aliphatic heterocycles. The maximum atomic E-state index is 10.5. The van der Waals surface area contributed by atoms with Crippen LogP contribution >= 0.6 is 0 Å². The topological polar surface area (TPSA) is 35.5 Å². The third-order valence-electron chi connectivity index (χ3n) is 0.750. The fourth-order valence-corrected chi connectivity index (χ4v) is 0.462. The Labute approximate surface area is 57.2 Å². The summed E-state index contributed by atoms with van der Waals surface area (Å²) >= 11 is 0. The number of hydrogen-bond donors (Lipinski definition) is 0. The predicted molar refractivity (Wildman–Crippen MR) is 36.8 cm³/mol. The fraction of sp³-hybridized carbons (Fsp3) is 0.400. The number of esters is 1. The lowest BCUT2D eigenvalue weighted by Crippen LogP contribution is -2.07. The van der Waals surface area contributed by atoms with Crippen LogP contribution in [0.1, 0.15) is 6.92 Å². The maximum absolute atomic E-state index is 10.5. The van der Waals surface area contributed by atoms with E-state index in [0.29, 0.717) is 17.1 Å². The summed E-state index contributed by atoms with van der Waals surface area (Å²) in [6.07, 6.45) is 0. The molecule has 0 bridgehead atoms. The van der Waals surface area contributed by atoms with Crippen LogP contribution in [0, 0.1) is 0 Å². The molecule has 0 rings (SSSR count). The number of ether oxygens (including phenoxy) is 1. The van der Waals surface area contributed by atoms with Crippen LogP contribution in [0.25, 0.3) is 0 Å². The maximum Gasteiger partial charge on any atom is 0.371 e. The van der Waals surface area contributed by atoms with Crippen LogP contribution in [0.2, 0.25) is 0 Å². The van der Waals surface area contributed by atoms with E-state index >= 15 is 0 Å². The third kappa shape index (κ3) is 2.92. The highest BCUT2D eigenvalue weighted by molar-refractivity contribution is 6.02. The van der Waals surface area contributed by atoms with Gasteiger partial charge in [0.05, 0.1) is 6.61 Å². The molecule has 0 atom stereocenters. The molecule has 0 fully saturated rings. The Balaban J connectivity index is 3.60.